The second kappa shape index (κ2) is 5.80. The van der Waals surface area contributed by atoms with Gasteiger partial charge in [0.05, 0.1) is 6.54 Å². The summed E-state index contributed by atoms with van der Waals surface area (Å²) < 4.78 is 17.3. The summed E-state index contributed by atoms with van der Waals surface area (Å²) in [6.07, 6.45) is 5.78. The summed E-state index contributed by atoms with van der Waals surface area (Å²) in [5, 5.41) is 8.33. The van der Waals surface area contributed by atoms with Crippen LogP contribution in [0.5, 0.6) is 0 Å². The Labute approximate surface area is 136 Å². The maximum atomic E-state index is 13.9. The first-order chi connectivity index (χ1) is 11.8. The first kappa shape index (κ1) is 14.4. The number of imidazole rings is 1. The summed E-state index contributed by atoms with van der Waals surface area (Å²) in [5.41, 5.74) is 1.67. The SMILES string of the molecule is CCc1nc(-n2ccnc2)c2nnn(Cc3ccccc3F)c2n1. The van der Waals surface area contributed by atoms with Gasteiger partial charge in [-0.15, -0.1) is 5.10 Å². The monoisotopic (exact) mass is 323 g/mol. The first-order valence-corrected chi connectivity index (χ1v) is 7.58. The van der Waals surface area contributed by atoms with Gasteiger partial charge in [0.15, 0.2) is 17.0 Å². The van der Waals surface area contributed by atoms with Crippen molar-refractivity contribution in [1.82, 2.24) is 34.5 Å². The second-order valence-corrected chi connectivity index (χ2v) is 5.30. The highest BCUT2D eigenvalue weighted by Crippen LogP contribution is 2.18. The molecule has 0 bridgehead atoms. The minimum Gasteiger partial charge on any atom is -0.288 e. The average molecular weight is 323 g/mol. The molecule has 3 aromatic heterocycles. The van der Waals surface area contributed by atoms with Crippen LogP contribution in [-0.2, 0) is 13.0 Å². The van der Waals surface area contributed by atoms with Crippen molar-refractivity contribution >= 4 is 11.2 Å². The molecule has 0 fully saturated rings. The molecule has 0 atom stereocenters. The molecule has 0 saturated carbocycles. The van der Waals surface area contributed by atoms with Crippen molar-refractivity contribution in [1.29, 1.82) is 0 Å². The molecule has 3 heterocycles. The van der Waals surface area contributed by atoms with E-state index in [1.807, 2.05) is 6.92 Å². The Balaban J connectivity index is 1.87. The van der Waals surface area contributed by atoms with Gasteiger partial charge in [-0.1, -0.05) is 30.3 Å². The molecule has 0 N–H and O–H groups in total. The predicted molar refractivity (Wildman–Crippen MR) is 85.1 cm³/mol. The zero-order chi connectivity index (χ0) is 16.5. The minimum atomic E-state index is -0.277. The number of hydrogen-bond acceptors (Lipinski definition) is 5. The topological polar surface area (TPSA) is 74.3 Å². The van der Waals surface area contributed by atoms with Crippen molar-refractivity contribution in [2.75, 3.05) is 0 Å². The number of aromatic nitrogens is 7. The molecule has 0 amide bonds. The molecular formula is C16H14FN7. The lowest BCUT2D eigenvalue weighted by Gasteiger charge is -2.06. The van der Waals surface area contributed by atoms with Gasteiger partial charge in [-0.05, 0) is 6.07 Å². The van der Waals surface area contributed by atoms with Crippen LogP contribution in [0.1, 0.15) is 18.3 Å². The molecule has 24 heavy (non-hydrogen) atoms. The lowest BCUT2D eigenvalue weighted by atomic mass is 10.2. The fourth-order valence-electron chi connectivity index (χ4n) is 2.50. The van der Waals surface area contributed by atoms with Crippen molar-refractivity contribution < 1.29 is 4.39 Å². The predicted octanol–water partition coefficient (Wildman–Crippen LogP) is 2.16. The average Bonchev–Trinajstić information content (AvgIpc) is 3.26. The number of halogens is 1. The van der Waals surface area contributed by atoms with Crippen molar-refractivity contribution in [3.63, 3.8) is 0 Å². The third kappa shape index (κ3) is 2.41. The molecule has 0 radical (unpaired) electrons. The van der Waals surface area contributed by atoms with Crippen LogP contribution in [0.2, 0.25) is 0 Å². The zero-order valence-corrected chi connectivity index (χ0v) is 13.0. The summed E-state index contributed by atoms with van der Waals surface area (Å²) >= 11 is 0. The van der Waals surface area contributed by atoms with Crippen molar-refractivity contribution in [3.8, 4) is 5.82 Å². The molecule has 0 aliphatic carbocycles. The molecule has 0 saturated heterocycles. The highest BCUT2D eigenvalue weighted by molar-refractivity contribution is 5.77. The fraction of sp³-hybridized carbons (Fsp3) is 0.188. The van der Waals surface area contributed by atoms with Gasteiger partial charge in [0.1, 0.15) is 18.0 Å². The zero-order valence-electron chi connectivity index (χ0n) is 13.0. The number of aryl methyl sites for hydroxylation is 1. The van der Waals surface area contributed by atoms with E-state index >= 15 is 0 Å². The lowest BCUT2D eigenvalue weighted by molar-refractivity contribution is 0.581. The van der Waals surface area contributed by atoms with Gasteiger partial charge in [-0.3, -0.25) is 4.57 Å². The summed E-state index contributed by atoms with van der Waals surface area (Å²) in [5.74, 6) is 1.01. The van der Waals surface area contributed by atoms with Gasteiger partial charge in [0.2, 0.25) is 0 Å². The number of benzene rings is 1. The summed E-state index contributed by atoms with van der Waals surface area (Å²) in [6, 6.07) is 6.60. The second-order valence-electron chi connectivity index (χ2n) is 5.30. The van der Waals surface area contributed by atoms with Crippen LogP contribution in [0.15, 0.2) is 43.0 Å². The van der Waals surface area contributed by atoms with Gasteiger partial charge < -0.3 is 0 Å². The molecule has 4 aromatic rings. The van der Waals surface area contributed by atoms with Gasteiger partial charge in [-0.25, -0.2) is 24.0 Å². The van der Waals surface area contributed by atoms with E-state index in [0.717, 1.165) is 0 Å². The van der Waals surface area contributed by atoms with E-state index in [0.29, 0.717) is 34.8 Å². The standard InChI is InChI=1S/C16H14FN7/c1-2-13-19-15(23-8-7-18-10-23)14-16(20-13)24(22-21-14)9-11-5-3-4-6-12(11)17/h3-8,10H,2,9H2,1H3. The number of hydrogen-bond donors (Lipinski definition) is 0. The molecule has 0 aliphatic heterocycles. The lowest BCUT2D eigenvalue weighted by Crippen LogP contribution is -2.07. The Kier molecular flexibility index (Phi) is 3.49. The summed E-state index contributed by atoms with van der Waals surface area (Å²) in [4.78, 5) is 13.1. The van der Waals surface area contributed by atoms with Crippen LogP contribution >= 0.6 is 0 Å². The molecule has 8 heteroatoms. The van der Waals surface area contributed by atoms with Gasteiger partial charge in [0, 0.05) is 24.4 Å². The molecular weight excluding hydrogens is 309 g/mol. The molecule has 0 spiro atoms. The third-order valence-corrected chi connectivity index (χ3v) is 3.73. The molecule has 1 aromatic carbocycles. The Morgan fingerprint density at radius 1 is 1.17 bits per heavy atom. The van der Waals surface area contributed by atoms with E-state index in [1.165, 1.54) is 6.07 Å². The first-order valence-electron chi connectivity index (χ1n) is 7.58. The van der Waals surface area contributed by atoms with E-state index in [-0.39, 0.29) is 12.4 Å². The smallest absolute Gasteiger partial charge is 0.184 e. The van der Waals surface area contributed by atoms with Crippen LogP contribution < -0.4 is 0 Å². The quantitative estimate of drug-likeness (QED) is 0.575. The van der Waals surface area contributed by atoms with Crippen LogP contribution in [0.3, 0.4) is 0 Å². The van der Waals surface area contributed by atoms with E-state index in [4.69, 9.17) is 0 Å². The van der Waals surface area contributed by atoms with E-state index in [2.05, 4.69) is 25.3 Å². The number of nitrogens with zero attached hydrogens (tertiary/aromatic N) is 7. The fourth-order valence-corrected chi connectivity index (χ4v) is 2.50. The van der Waals surface area contributed by atoms with E-state index in [1.54, 1.807) is 46.2 Å². The maximum Gasteiger partial charge on any atom is 0.184 e. The molecule has 0 unspecified atom stereocenters. The largest absolute Gasteiger partial charge is 0.288 e. The van der Waals surface area contributed by atoms with E-state index < -0.39 is 0 Å². The minimum absolute atomic E-state index is 0.257. The van der Waals surface area contributed by atoms with Crippen LogP contribution in [-0.4, -0.2) is 34.5 Å². The van der Waals surface area contributed by atoms with Crippen LogP contribution in [0.4, 0.5) is 4.39 Å². The normalized spacial score (nSPS) is 11.2. The summed E-state index contributed by atoms with van der Waals surface area (Å²) in [7, 11) is 0. The Bertz CT molecular complexity index is 991. The van der Waals surface area contributed by atoms with Crippen molar-refractivity contribution in [2.24, 2.45) is 0 Å². The molecule has 0 aliphatic rings. The maximum absolute atomic E-state index is 13.9. The Hall–Kier alpha value is -3.16. The molecule has 120 valence electrons. The highest BCUT2D eigenvalue weighted by atomic mass is 19.1. The Morgan fingerprint density at radius 2 is 2.04 bits per heavy atom. The number of fused-ring (bicyclic) bond motifs is 1. The number of rotatable bonds is 4. The van der Waals surface area contributed by atoms with E-state index in [9.17, 15) is 4.39 Å². The van der Waals surface area contributed by atoms with Crippen molar-refractivity contribution in [2.45, 2.75) is 19.9 Å². The molecule has 4 rings (SSSR count). The van der Waals surface area contributed by atoms with Gasteiger partial charge in [-0.2, -0.15) is 0 Å². The molecule has 7 nitrogen and oxygen atoms in total. The van der Waals surface area contributed by atoms with Gasteiger partial charge in [0.25, 0.3) is 0 Å². The summed E-state index contributed by atoms with van der Waals surface area (Å²) in [6.45, 7) is 2.23. The Morgan fingerprint density at radius 3 is 2.79 bits per heavy atom. The highest BCUT2D eigenvalue weighted by Gasteiger charge is 2.16. The van der Waals surface area contributed by atoms with Crippen molar-refractivity contribution in [3.05, 3.63) is 60.2 Å². The van der Waals surface area contributed by atoms with Crippen LogP contribution in [0, 0.1) is 5.82 Å². The third-order valence-electron chi connectivity index (χ3n) is 3.73. The van der Waals surface area contributed by atoms with Gasteiger partial charge >= 0.3 is 0 Å². The van der Waals surface area contributed by atoms with Crippen LogP contribution in [0.25, 0.3) is 17.0 Å².